The van der Waals surface area contributed by atoms with Crippen molar-refractivity contribution >= 4 is 53.4 Å². The van der Waals surface area contributed by atoms with Gasteiger partial charge in [0.1, 0.15) is 17.6 Å². The second kappa shape index (κ2) is 16.9. The fourth-order valence-electron chi connectivity index (χ4n) is 6.66. The fourth-order valence-corrected chi connectivity index (χ4v) is 6.91. The van der Waals surface area contributed by atoms with E-state index in [0.29, 0.717) is 62.5 Å². The second-order valence-electron chi connectivity index (χ2n) is 14.2. The van der Waals surface area contributed by atoms with Crippen molar-refractivity contribution in [2.75, 3.05) is 65.6 Å². The standard InChI is InChI=1S/C38H42Cl2F3N5O4.ClH/c1-37(2,3)27-8-13-30(31(22-27)52-24-38(41,42)43)35-44-33(25-4-9-28(39)10-5-25)34(26-6-11-29(40)12-7-26)48(35)36(50)47-16-14-45(15-17-47)23-32(49)46-18-20-51-21-19-46;/h4-13,22,33-34H,14-21,23-24H2,1-3H3;1H/t33-,34+;/m0./s1. The number of hydrogen-bond acceptors (Lipinski definition) is 6. The first kappa shape index (κ1) is 40.6. The molecule has 0 bridgehead atoms. The SMILES string of the molecule is CC(C)(C)c1ccc(C2=N[C@@H](c3ccc(Cl)cc3)[C@@H](c3ccc(Cl)cc3)N2C(=O)N2CCN(CC(=O)N3CCOCC3)CC2)c(OCC(F)(F)F)c1.Cl. The Kier molecular flexibility index (Phi) is 12.9. The van der Waals surface area contributed by atoms with Crippen LogP contribution in [0.15, 0.2) is 71.7 Å². The summed E-state index contributed by atoms with van der Waals surface area (Å²) in [5.74, 6) is 0.183. The molecule has 3 aliphatic heterocycles. The molecule has 3 heterocycles. The van der Waals surface area contributed by atoms with Gasteiger partial charge >= 0.3 is 12.2 Å². The van der Waals surface area contributed by atoms with Crippen LogP contribution in [0.5, 0.6) is 5.75 Å². The first-order valence-corrected chi connectivity index (χ1v) is 18.0. The maximum atomic E-state index is 14.9. The predicted molar refractivity (Wildman–Crippen MR) is 202 cm³/mol. The van der Waals surface area contributed by atoms with Crippen molar-refractivity contribution in [3.8, 4) is 5.75 Å². The average Bonchev–Trinajstić information content (AvgIpc) is 3.51. The van der Waals surface area contributed by atoms with Gasteiger partial charge in [-0.1, -0.05) is 74.3 Å². The van der Waals surface area contributed by atoms with E-state index in [1.54, 1.807) is 51.1 Å². The highest BCUT2D eigenvalue weighted by atomic mass is 35.5. The van der Waals surface area contributed by atoms with Crippen molar-refractivity contribution in [1.82, 2.24) is 19.6 Å². The normalized spacial score (nSPS) is 19.8. The third-order valence-electron chi connectivity index (χ3n) is 9.54. The number of morpholine rings is 1. The van der Waals surface area contributed by atoms with Crippen molar-refractivity contribution in [2.24, 2.45) is 4.99 Å². The van der Waals surface area contributed by atoms with Crippen LogP contribution in [0.3, 0.4) is 0 Å². The quantitative estimate of drug-likeness (QED) is 0.244. The van der Waals surface area contributed by atoms with Gasteiger partial charge in [0.25, 0.3) is 0 Å². The molecule has 0 aliphatic carbocycles. The van der Waals surface area contributed by atoms with E-state index in [2.05, 4.69) is 0 Å². The molecule has 3 aromatic carbocycles. The summed E-state index contributed by atoms with van der Waals surface area (Å²) in [7, 11) is 0. The molecule has 3 amide bonds. The molecule has 3 aliphatic rings. The molecular weight excluding hydrogens is 754 g/mol. The van der Waals surface area contributed by atoms with Gasteiger partial charge in [-0.25, -0.2) is 4.79 Å². The van der Waals surface area contributed by atoms with Crippen LogP contribution in [-0.4, -0.2) is 109 Å². The van der Waals surface area contributed by atoms with E-state index in [1.807, 2.05) is 56.0 Å². The largest absolute Gasteiger partial charge is 0.483 e. The summed E-state index contributed by atoms with van der Waals surface area (Å²) in [6.07, 6.45) is -4.59. The van der Waals surface area contributed by atoms with Gasteiger partial charge < -0.3 is 19.3 Å². The molecule has 6 rings (SSSR count). The molecule has 3 aromatic rings. The highest BCUT2D eigenvalue weighted by Gasteiger charge is 2.45. The number of nitrogens with zero attached hydrogens (tertiary/aromatic N) is 5. The molecule has 2 fully saturated rings. The molecule has 0 radical (unpaired) electrons. The maximum absolute atomic E-state index is 14.9. The average molecular weight is 797 g/mol. The number of ether oxygens (including phenoxy) is 2. The van der Waals surface area contributed by atoms with Crippen LogP contribution < -0.4 is 4.74 Å². The van der Waals surface area contributed by atoms with Crippen LogP contribution in [0.2, 0.25) is 10.0 Å². The zero-order valence-corrected chi connectivity index (χ0v) is 32.1. The molecule has 2 atom stereocenters. The number of urea groups is 1. The summed E-state index contributed by atoms with van der Waals surface area (Å²) in [6, 6.07) is 17.7. The van der Waals surface area contributed by atoms with E-state index in [9.17, 15) is 22.8 Å². The first-order chi connectivity index (χ1) is 24.7. The number of aliphatic imine (C=N–C) groups is 1. The summed E-state index contributed by atoms with van der Waals surface area (Å²) < 4.78 is 51.7. The van der Waals surface area contributed by atoms with Crippen LogP contribution >= 0.6 is 35.6 Å². The van der Waals surface area contributed by atoms with Gasteiger partial charge in [-0.2, -0.15) is 13.2 Å². The molecule has 53 heavy (non-hydrogen) atoms. The number of benzene rings is 3. The number of carbonyl (C=O) groups is 2. The molecule has 0 aromatic heterocycles. The lowest BCUT2D eigenvalue weighted by Crippen LogP contribution is -2.56. The van der Waals surface area contributed by atoms with Gasteiger partial charge in [0, 0.05) is 49.3 Å². The number of amidine groups is 1. The third kappa shape index (κ3) is 9.77. The van der Waals surface area contributed by atoms with E-state index >= 15 is 0 Å². The van der Waals surface area contributed by atoms with Crippen LogP contribution in [0.25, 0.3) is 0 Å². The summed E-state index contributed by atoms with van der Waals surface area (Å²) in [5, 5.41) is 1.03. The fraction of sp³-hybridized carbons (Fsp3) is 0.447. The van der Waals surface area contributed by atoms with Gasteiger partial charge in [-0.05, 0) is 58.5 Å². The molecule has 0 spiro atoms. The minimum Gasteiger partial charge on any atom is -0.483 e. The van der Waals surface area contributed by atoms with Crippen molar-refractivity contribution in [1.29, 1.82) is 0 Å². The van der Waals surface area contributed by atoms with Crippen molar-refractivity contribution < 1.29 is 32.2 Å². The summed E-state index contributed by atoms with van der Waals surface area (Å²) in [6.45, 7) is 8.34. The Hall–Kier alpha value is -3.55. The predicted octanol–water partition coefficient (Wildman–Crippen LogP) is 7.80. The monoisotopic (exact) mass is 795 g/mol. The molecule has 2 saturated heterocycles. The van der Waals surface area contributed by atoms with Crippen molar-refractivity contribution in [3.63, 3.8) is 0 Å². The second-order valence-corrected chi connectivity index (χ2v) is 15.1. The number of piperazine rings is 1. The summed E-state index contributed by atoms with van der Waals surface area (Å²) in [4.78, 5) is 40.1. The van der Waals surface area contributed by atoms with Gasteiger partial charge in [0.15, 0.2) is 6.61 Å². The number of alkyl halides is 3. The number of halogens is 6. The lowest BCUT2D eigenvalue weighted by Gasteiger charge is -2.39. The minimum absolute atomic E-state index is 0. The van der Waals surface area contributed by atoms with Crippen LogP contribution in [0.4, 0.5) is 18.0 Å². The van der Waals surface area contributed by atoms with Crippen molar-refractivity contribution in [3.05, 3.63) is 99.0 Å². The summed E-state index contributed by atoms with van der Waals surface area (Å²) in [5.41, 5.74) is 2.11. The molecule has 15 heteroatoms. The molecular formula is C38H43Cl3F3N5O4. The van der Waals surface area contributed by atoms with E-state index in [4.69, 9.17) is 37.7 Å². The third-order valence-corrected chi connectivity index (χ3v) is 10.0. The highest BCUT2D eigenvalue weighted by Crippen LogP contribution is 2.46. The van der Waals surface area contributed by atoms with E-state index in [-0.39, 0.29) is 48.0 Å². The number of rotatable bonds is 7. The van der Waals surface area contributed by atoms with Crippen LogP contribution in [0.1, 0.15) is 55.1 Å². The Balaban J connectivity index is 0.00000541. The van der Waals surface area contributed by atoms with E-state index in [1.165, 1.54) is 0 Å². The van der Waals surface area contributed by atoms with Crippen molar-refractivity contribution in [2.45, 2.75) is 44.4 Å². The smallest absolute Gasteiger partial charge is 0.422 e. The molecule has 0 saturated carbocycles. The van der Waals surface area contributed by atoms with Gasteiger partial charge in [-0.3, -0.25) is 19.6 Å². The van der Waals surface area contributed by atoms with Gasteiger partial charge in [0.2, 0.25) is 5.91 Å². The van der Waals surface area contributed by atoms with E-state index in [0.717, 1.165) is 16.7 Å². The Labute approximate surface area is 324 Å². The Morgan fingerprint density at radius 1 is 0.830 bits per heavy atom. The minimum atomic E-state index is -4.59. The maximum Gasteiger partial charge on any atom is 0.422 e. The zero-order valence-electron chi connectivity index (χ0n) is 29.7. The Morgan fingerprint density at radius 3 is 1.98 bits per heavy atom. The lowest BCUT2D eigenvalue weighted by molar-refractivity contribution is -0.153. The van der Waals surface area contributed by atoms with Crippen LogP contribution in [-0.2, 0) is 14.9 Å². The van der Waals surface area contributed by atoms with E-state index < -0.39 is 30.3 Å². The number of carbonyl (C=O) groups excluding carboxylic acids is 2. The Morgan fingerprint density at radius 2 is 1.42 bits per heavy atom. The Bertz CT molecular complexity index is 1770. The number of hydrogen-bond donors (Lipinski definition) is 0. The zero-order chi connectivity index (χ0) is 37.2. The summed E-state index contributed by atoms with van der Waals surface area (Å²) >= 11 is 12.6. The number of amides is 3. The topological polar surface area (TPSA) is 77.9 Å². The van der Waals surface area contributed by atoms with Gasteiger partial charge in [-0.15, -0.1) is 12.4 Å². The molecule has 9 nitrogen and oxygen atoms in total. The van der Waals surface area contributed by atoms with Crippen LogP contribution in [0, 0.1) is 0 Å². The van der Waals surface area contributed by atoms with Gasteiger partial charge in [0.05, 0.1) is 31.4 Å². The first-order valence-electron chi connectivity index (χ1n) is 17.3. The lowest BCUT2D eigenvalue weighted by atomic mass is 9.86. The molecule has 286 valence electrons. The highest BCUT2D eigenvalue weighted by molar-refractivity contribution is 6.30. The molecule has 0 unspecified atom stereocenters. The molecule has 0 N–H and O–H groups in total.